The van der Waals surface area contributed by atoms with E-state index in [0.29, 0.717) is 0 Å². The SMILES string of the molecule is Clc1ccccc1-c1cc2[nH]c3ccc(NCCCN4CCCCC4)cc3c2c2c[nH]cc12. The van der Waals surface area contributed by atoms with Gasteiger partial charge in [-0.3, -0.25) is 0 Å². The third kappa shape index (κ3) is 3.88. The fourth-order valence-electron chi connectivity index (χ4n) is 5.36. The summed E-state index contributed by atoms with van der Waals surface area (Å²) in [5.74, 6) is 0. The molecule has 0 amide bonds. The zero-order valence-corrected chi connectivity index (χ0v) is 19.5. The summed E-state index contributed by atoms with van der Waals surface area (Å²) in [7, 11) is 0. The van der Waals surface area contributed by atoms with Crippen molar-refractivity contribution in [2.75, 3.05) is 31.5 Å². The smallest absolute Gasteiger partial charge is 0.0484 e. The molecule has 33 heavy (non-hydrogen) atoms. The number of aromatic amines is 2. The van der Waals surface area contributed by atoms with E-state index in [9.17, 15) is 0 Å². The number of H-pyrrole nitrogens is 2. The van der Waals surface area contributed by atoms with Gasteiger partial charge in [-0.25, -0.2) is 0 Å². The van der Waals surface area contributed by atoms with E-state index in [1.807, 2.05) is 18.2 Å². The van der Waals surface area contributed by atoms with Gasteiger partial charge in [-0.1, -0.05) is 36.2 Å². The van der Waals surface area contributed by atoms with E-state index in [-0.39, 0.29) is 0 Å². The highest BCUT2D eigenvalue weighted by molar-refractivity contribution is 6.34. The number of fused-ring (bicyclic) bond motifs is 5. The average Bonchev–Trinajstić information content (AvgIpc) is 3.46. The molecule has 2 aromatic heterocycles. The van der Waals surface area contributed by atoms with Crippen LogP contribution in [0.15, 0.2) is 60.9 Å². The Morgan fingerprint density at radius 2 is 1.70 bits per heavy atom. The molecule has 168 valence electrons. The normalized spacial score (nSPS) is 15.1. The molecular formula is C28H29ClN4. The molecule has 0 atom stereocenters. The molecule has 0 bridgehead atoms. The maximum absolute atomic E-state index is 6.56. The second-order valence-electron chi connectivity index (χ2n) is 9.18. The fraction of sp³-hybridized carbons (Fsp3) is 0.286. The Balaban J connectivity index is 1.32. The Bertz CT molecular complexity index is 1420. The van der Waals surface area contributed by atoms with Gasteiger partial charge in [0.2, 0.25) is 0 Å². The van der Waals surface area contributed by atoms with Crippen molar-refractivity contribution in [3.8, 4) is 11.1 Å². The van der Waals surface area contributed by atoms with Gasteiger partial charge in [0.15, 0.2) is 0 Å². The first-order valence-electron chi connectivity index (χ1n) is 12.0. The lowest BCUT2D eigenvalue weighted by atomic mass is 9.97. The maximum atomic E-state index is 6.56. The van der Waals surface area contributed by atoms with Gasteiger partial charge in [0, 0.05) is 67.8 Å². The lowest BCUT2D eigenvalue weighted by molar-refractivity contribution is 0.228. The predicted octanol–water partition coefficient (Wildman–Crippen LogP) is 7.41. The van der Waals surface area contributed by atoms with E-state index in [0.717, 1.165) is 33.7 Å². The lowest BCUT2D eigenvalue weighted by Crippen LogP contribution is -2.31. The topological polar surface area (TPSA) is 46.9 Å². The van der Waals surface area contributed by atoms with E-state index >= 15 is 0 Å². The second kappa shape index (κ2) is 8.77. The first-order chi connectivity index (χ1) is 16.3. The first-order valence-corrected chi connectivity index (χ1v) is 12.4. The van der Waals surface area contributed by atoms with Gasteiger partial charge in [0.05, 0.1) is 0 Å². The van der Waals surface area contributed by atoms with Gasteiger partial charge < -0.3 is 20.2 Å². The minimum absolute atomic E-state index is 0.770. The fourth-order valence-corrected chi connectivity index (χ4v) is 5.60. The zero-order chi connectivity index (χ0) is 22.2. The molecule has 1 saturated heterocycles. The summed E-state index contributed by atoms with van der Waals surface area (Å²) in [6.45, 7) is 4.73. The van der Waals surface area contributed by atoms with Crippen LogP contribution < -0.4 is 5.32 Å². The Morgan fingerprint density at radius 1 is 0.848 bits per heavy atom. The summed E-state index contributed by atoms with van der Waals surface area (Å²) in [4.78, 5) is 9.56. The number of hydrogen-bond acceptors (Lipinski definition) is 2. The molecule has 5 aromatic rings. The molecule has 1 aliphatic heterocycles. The summed E-state index contributed by atoms with van der Waals surface area (Å²) >= 11 is 6.56. The molecule has 3 aromatic carbocycles. The number of piperidine rings is 1. The number of benzene rings is 3. The van der Waals surface area contributed by atoms with Crippen LogP contribution in [0.5, 0.6) is 0 Å². The number of anilines is 1. The van der Waals surface area contributed by atoms with E-state index in [4.69, 9.17) is 11.6 Å². The van der Waals surface area contributed by atoms with Crippen molar-refractivity contribution in [3.63, 3.8) is 0 Å². The van der Waals surface area contributed by atoms with Gasteiger partial charge in [-0.2, -0.15) is 0 Å². The van der Waals surface area contributed by atoms with Gasteiger partial charge in [0.25, 0.3) is 0 Å². The number of halogens is 1. The highest BCUT2D eigenvalue weighted by Gasteiger charge is 2.15. The van der Waals surface area contributed by atoms with Gasteiger partial charge in [0.1, 0.15) is 0 Å². The van der Waals surface area contributed by atoms with Crippen LogP contribution in [0.1, 0.15) is 25.7 Å². The van der Waals surface area contributed by atoms with Crippen LogP contribution in [-0.2, 0) is 0 Å². The maximum Gasteiger partial charge on any atom is 0.0484 e. The van der Waals surface area contributed by atoms with Crippen LogP contribution >= 0.6 is 11.6 Å². The number of aromatic nitrogens is 2. The Labute approximate surface area is 198 Å². The highest BCUT2D eigenvalue weighted by Crippen LogP contribution is 2.40. The van der Waals surface area contributed by atoms with Crippen LogP contribution in [0.4, 0.5) is 5.69 Å². The molecular weight excluding hydrogens is 428 g/mol. The Hall–Kier alpha value is -2.95. The van der Waals surface area contributed by atoms with Crippen LogP contribution in [0, 0.1) is 0 Å². The summed E-state index contributed by atoms with van der Waals surface area (Å²) in [6.07, 6.45) is 9.47. The number of rotatable bonds is 6. The van der Waals surface area contributed by atoms with E-state index < -0.39 is 0 Å². The Morgan fingerprint density at radius 3 is 2.58 bits per heavy atom. The van der Waals surface area contributed by atoms with Crippen molar-refractivity contribution in [2.24, 2.45) is 0 Å². The molecule has 6 rings (SSSR count). The quantitative estimate of drug-likeness (QED) is 0.233. The third-order valence-corrected chi connectivity index (χ3v) is 7.34. The predicted molar refractivity (Wildman–Crippen MR) is 142 cm³/mol. The van der Waals surface area contributed by atoms with Crippen LogP contribution in [-0.4, -0.2) is 41.0 Å². The molecule has 4 nitrogen and oxygen atoms in total. The van der Waals surface area contributed by atoms with Crippen molar-refractivity contribution >= 4 is 49.9 Å². The summed E-state index contributed by atoms with van der Waals surface area (Å²) in [6, 6.07) is 17.0. The molecule has 0 aliphatic carbocycles. The largest absolute Gasteiger partial charge is 0.385 e. The number of likely N-dealkylation sites (tertiary alicyclic amines) is 1. The zero-order valence-electron chi connectivity index (χ0n) is 18.8. The molecule has 0 radical (unpaired) electrons. The van der Waals surface area contributed by atoms with Crippen molar-refractivity contribution in [1.82, 2.24) is 14.9 Å². The molecule has 5 heteroatoms. The number of nitrogens with zero attached hydrogens (tertiary/aromatic N) is 1. The summed E-state index contributed by atoms with van der Waals surface area (Å²) < 4.78 is 0. The first kappa shape index (κ1) is 20.6. The molecule has 1 fully saturated rings. The molecule has 0 spiro atoms. The molecule has 0 saturated carbocycles. The van der Waals surface area contributed by atoms with Crippen molar-refractivity contribution in [3.05, 3.63) is 65.9 Å². The minimum atomic E-state index is 0.770. The number of nitrogens with one attached hydrogen (secondary N) is 3. The highest BCUT2D eigenvalue weighted by atomic mass is 35.5. The van der Waals surface area contributed by atoms with E-state index in [1.54, 1.807) is 0 Å². The molecule has 3 N–H and O–H groups in total. The molecule has 3 heterocycles. The van der Waals surface area contributed by atoms with E-state index in [2.05, 4.69) is 62.9 Å². The van der Waals surface area contributed by atoms with Crippen LogP contribution in [0.2, 0.25) is 5.02 Å². The Kier molecular flexibility index (Phi) is 5.49. The third-order valence-electron chi connectivity index (χ3n) is 7.01. The van der Waals surface area contributed by atoms with E-state index in [1.165, 1.54) is 72.5 Å². The second-order valence-corrected chi connectivity index (χ2v) is 9.58. The average molecular weight is 457 g/mol. The van der Waals surface area contributed by atoms with Crippen LogP contribution in [0.3, 0.4) is 0 Å². The van der Waals surface area contributed by atoms with Gasteiger partial charge >= 0.3 is 0 Å². The number of hydrogen-bond donors (Lipinski definition) is 3. The lowest BCUT2D eigenvalue weighted by Gasteiger charge is -2.26. The summed E-state index contributed by atoms with van der Waals surface area (Å²) in [5.41, 5.74) is 5.67. The summed E-state index contributed by atoms with van der Waals surface area (Å²) in [5, 5.41) is 9.34. The van der Waals surface area contributed by atoms with Crippen LogP contribution in [0.25, 0.3) is 43.7 Å². The van der Waals surface area contributed by atoms with Gasteiger partial charge in [-0.15, -0.1) is 0 Å². The molecule has 1 aliphatic rings. The van der Waals surface area contributed by atoms with Crippen molar-refractivity contribution < 1.29 is 0 Å². The minimum Gasteiger partial charge on any atom is -0.385 e. The molecule has 0 unspecified atom stereocenters. The van der Waals surface area contributed by atoms with Gasteiger partial charge in [-0.05, 0) is 74.8 Å². The van der Waals surface area contributed by atoms with Crippen molar-refractivity contribution in [1.29, 1.82) is 0 Å². The standard InChI is InChI=1S/C28H29ClN4/c29-25-8-3-2-7-20(25)21-16-27-28(24-18-30-17-23(21)24)22-15-19(9-10-26(22)32-27)31-11-6-14-33-12-4-1-5-13-33/h2-3,7-10,15-18,30-32H,1,4-6,11-14H2. The monoisotopic (exact) mass is 456 g/mol. The van der Waals surface area contributed by atoms with Crippen molar-refractivity contribution in [2.45, 2.75) is 25.7 Å².